The standard InChI is InChI=1S/C32H21N3S/c1-20-19-36-31-18-33-32(17-25(20)31)35-29-13-7-4-10-24(29)26-16-21(14-15-30(26)35)34-27-11-5-2-8-22(27)23-9-3-6-12-28(23)34/h2-18H,1,19H2. The summed E-state index contributed by atoms with van der Waals surface area (Å²) in [6, 6.07) is 35.0. The molecule has 36 heavy (non-hydrogen) atoms. The Labute approximate surface area is 212 Å². The van der Waals surface area contributed by atoms with Crippen molar-refractivity contribution >= 4 is 60.9 Å². The lowest BCUT2D eigenvalue weighted by Gasteiger charge is -2.10. The van der Waals surface area contributed by atoms with Gasteiger partial charge in [0.25, 0.3) is 0 Å². The molecule has 0 radical (unpaired) electrons. The maximum absolute atomic E-state index is 4.88. The third kappa shape index (κ3) is 2.68. The Bertz CT molecular complexity index is 1970. The van der Waals surface area contributed by atoms with Gasteiger partial charge in [0.1, 0.15) is 5.82 Å². The van der Waals surface area contributed by atoms with E-state index in [-0.39, 0.29) is 0 Å². The lowest BCUT2D eigenvalue weighted by molar-refractivity contribution is 1.05. The Morgan fingerprint density at radius 1 is 0.639 bits per heavy atom. The van der Waals surface area contributed by atoms with Crippen LogP contribution in [0.3, 0.4) is 0 Å². The van der Waals surface area contributed by atoms with Crippen LogP contribution in [-0.4, -0.2) is 19.9 Å². The summed E-state index contributed by atoms with van der Waals surface area (Å²) in [6.07, 6.45) is 2.00. The van der Waals surface area contributed by atoms with Crippen LogP contribution in [0.15, 0.2) is 115 Å². The Hall–Kier alpha value is -4.28. The van der Waals surface area contributed by atoms with E-state index >= 15 is 0 Å². The van der Waals surface area contributed by atoms with Gasteiger partial charge in [-0.15, -0.1) is 11.8 Å². The highest BCUT2D eigenvalue weighted by atomic mass is 32.2. The van der Waals surface area contributed by atoms with Gasteiger partial charge in [-0.05, 0) is 53.6 Å². The number of rotatable bonds is 2. The molecule has 1 aliphatic rings. The predicted octanol–water partition coefficient (Wildman–Crippen LogP) is 8.39. The van der Waals surface area contributed by atoms with Crippen LogP contribution in [0.2, 0.25) is 0 Å². The summed E-state index contributed by atoms with van der Waals surface area (Å²) in [7, 11) is 0. The van der Waals surface area contributed by atoms with Gasteiger partial charge in [-0.2, -0.15) is 0 Å². The van der Waals surface area contributed by atoms with Gasteiger partial charge < -0.3 is 4.57 Å². The Kier molecular flexibility index (Phi) is 4.08. The Balaban J connectivity index is 1.43. The van der Waals surface area contributed by atoms with Crippen molar-refractivity contribution in [3.63, 3.8) is 0 Å². The molecule has 3 aromatic heterocycles. The number of nitrogens with zero attached hydrogens (tertiary/aromatic N) is 3. The molecule has 1 aliphatic heterocycles. The molecule has 3 nitrogen and oxygen atoms in total. The second-order valence-electron chi connectivity index (χ2n) is 9.35. The minimum absolute atomic E-state index is 0.938. The van der Waals surface area contributed by atoms with E-state index < -0.39 is 0 Å². The molecule has 0 bridgehead atoms. The summed E-state index contributed by atoms with van der Waals surface area (Å²) in [5.74, 6) is 1.88. The Morgan fingerprint density at radius 3 is 1.92 bits per heavy atom. The van der Waals surface area contributed by atoms with Gasteiger partial charge in [0.15, 0.2) is 0 Å². The quantitative estimate of drug-likeness (QED) is 0.248. The van der Waals surface area contributed by atoms with Gasteiger partial charge in [-0.3, -0.25) is 4.57 Å². The van der Waals surface area contributed by atoms with Crippen molar-refractivity contribution in [3.8, 4) is 11.5 Å². The topological polar surface area (TPSA) is 22.8 Å². The number of fused-ring (bicyclic) bond motifs is 7. The molecule has 0 saturated carbocycles. The van der Waals surface area contributed by atoms with Crippen LogP contribution < -0.4 is 0 Å². The lowest BCUT2D eigenvalue weighted by Crippen LogP contribution is -1.99. The van der Waals surface area contributed by atoms with Crippen LogP contribution in [-0.2, 0) is 0 Å². The van der Waals surface area contributed by atoms with Crippen LogP contribution in [0, 0.1) is 0 Å². The molecule has 0 amide bonds. The van der Waals surface area contributed by atoms with Gasteiger partial charge in [0, 0.05) is 44.1 Å². The van der Waals surface area contributed by atoms with Crippen LogP contribution in [0.4, 0.5) is 0 Å². The zero-order chi connectivity index (χ0) is 23.8. The first kappa shape index (κ1) is 20.0. The largest absolute Gasteiger partial charge is 0.309 e. The minimum Gasteiger partial charge on any atom is -0.309 e. The molecular weight excluding hydrogens is 458 g/mol. The number of hydrogen-bond donors (Lipinski definition) is 0. The number of pyridine rings is 1. The molecule has 4 heterocycles. The van der Waals surface area contributed by atoms with E-state index in [0.717, 1.165) is 28.3 Å². The summed E-state index contributed by atoms with van der Waals surface area (Å²) >= 11 is 1.82. The van der Waals surface area contributed by atoms with Crippen molar-refractivity contribution in [2.24, 2.45) is 0 Å². The molecule has 4 aromatic carbocycles. The number of benzene rings is 4. The summed E-state index contributed by atoms with van der Waals surface area (Å²) in [4.78, 5) is 6.10. The average Bonchev–Trinajstić information content (AvgIpc) is 3.58. The maximum atomic E-state index is 4.88. The summed E-state index contributed by atoms with van der Waals surface area (Å²) < 4.78 is 4.67. The summed E-state index contributed by atoms with van der Waals surface area (Å²) in [5, 5.41) is 5.00. The van der Waals surface area contributed by atoms with Gasteiger partial charge in [-0.25, -0.2) is 4.98 Å². The van der Waals surface area contributed by atoms with Crippen molar-refractivity contribution in [1.29, 1.82) is 0 Å². The normalized spacial score (nSPS) is 13.4. The minimum atomic E-state index is 0.938. The first-order valence-electron chi connectivity index (χ1n) is 12.1. The molecule has 0 atom stereocenters. The van der Waals surface area contributed by atoms with Crippen molar-refractivity contribution in [2.75, 3.05) is 5.75 Å². The smallest absolute Gasteiger partial charge is 0.138 e. The zero-order valence-electron chi connectivity index (χ0n) is 19.5. The van der Waals surface area contributed by atoms with Gasteiger partial charge in [0.05, 0.1) is 22.1 Å². The highest BCUT2D eigenvalue weighted by Gasteiger charge is 2.20. The fourth-order valence-electron chi connectivity index (χ4n) is 5.74. The van der Waals surface area contributed by atoms with E-state index in [9.17, 15) is 0 Å². The fraction of sp³-hybridized carbons (Fsp3) is 0.0312. The van der Waals surface area contributed by atoms with Crippen molar-refractivity contribution in [3.05, 3.63) is 115 Å². The van der Waals surface area contributed by atoms with Crippen molar-refractivity contribution in [2.45, 2.75) is 4.90 Å². The molecule has 0 unspecified atom stereocenters. The van der Waals surface area contributed by atoms with E-state index in [1.54, 1.807) is 0 Å². The maximum Gasteiger partial charge on any atom is 0.138 e. The SMILES string of the molecule is C=C1CSc2cnc(-n3c4ccccc4c4cc(-n5c6ccccc6c6ccccc65)ccc43)cc21. The van der Waals surface area contributed by atoms with Crippen LogP contribution in [0.1, 0.15) is 5.56 Å². The summed E-state index contributed by atoms with van der Waals surface area (Å²) in [5.41, 5.74) is 8.32. The lowest BCUT2D eigenvalue weighted by atomic mass is 10.1. The second-order valence-corrected chi connectivity index (χ2v) is 10.4. The average molecular weight is 480 g/mol. The van der Waals surface area contributed by atoms with Gasteiger partial charge >= 0.3 is 0 Å². The first-order chi connectivity index (χ1) is 17.8. The molecule has 0 fully saturated rings. The van der Waals surface area contributed by atoms with Crippen LogP contribution in [0.25, 0.3) is 60.7 Å². The number of para-hydroxylation sites is 3. The van der Waals surface area contributed by atoms with Crippen molar-refractivity contribution in [1.82, 2.24) is 14.1 Å². The monoisotopic (exact) mass is 479 g/mol. The van der Waals surface area contributed by atoms with E-state index in [2.05, 4.69) is 113 Å². The molecule has 0 aliphatic carbocycles. The fourth-order valence-corrected chi connectivity index (χ4v) is 6.71. The second kappa shape index (κ2) is 7.36. The molecule has 0 saturated heterocycles. The molecule has 7 aromatic rings. The van der Waals surface area contributed by atoms with Gasteiger partial charge in [0.2, 0.25) is 0 Å². The summed E-state index contributed by atoms with van der Waals surface area (Å²) in [6.45, 7) is 4.27. The number of hydrogen-bond acceptors (Lipinski definition) is 2. The van der Waals surface area contributed by atoms with Crippen LogP contribution >= 0.6 is 11.8 Å². The van der Waals surface area contributed by atoms with E-state index in [1.807, 2.05) is 18.0 Å². The number of thioether (sulfide) groups is 1. The molecule has 0 spiro atoms. The molecule has 170 valence electrons. The van der Waals surface area contributed by atoms with Gasteiger partial charge in [-0.1, -0.05) is 61.2 Å². The van der Waals surface area contributed by atoms with E-state index in [1.165, 1.54) is 48.6 Å². The highest BCUT2D eigenvalue weighted by Crippen LogP contribution is 2.40. The molecule has 8 rings (SSSR count). The predicted molar refractivity (Wildman–Crippen MR) is 153 cm³/mol. The molecular formula is C32H21N3S. The van der Waals surface area contributed by atoms with Crippen molar-refractivity contribution < 1.29 is 0 Å². The number of aromatic nitrogens is 3. The van der Waals surface area contributed by atoms with Crippen LogP contribution in [0.5, 0.6) is 0 Å². The van der Waals surface area contributed by atoms with E-state index in [4.69, 9.17) is 4.98 Å². The first-order valence-corrected chi connectivity index (χ1v) is 13.1. The zero-order valence-corrected chi connectivity index (χ0v) is 20.3. The highest BCUT2D eigenvalue weighted by molar-refractivity contribution is 8.00. The molecule has 4 heteroatoms. The third-order valence-corrected chi connectivity index (χ3v) is 8.49. The Morgan fingerprint density at radius 2 is 1.22 bits per heavy atom. The molecule has 0 N–H and O–H groups in total. The van der Waals surface area contributed by atoms with E-state index in [0.29, 0.717) is 0 Å². The third-order valence-electron chi connectivity index (χ3n) is 7.36.